The smallest absolute Gasteiger partial charge is 0.114 e. The van der Waals surface area contributed by atoms with Gasteiger partial charge in [-0.1, -0.05) is 30.3 Å². The van der Waals surface area contributed by atoms with Gasteiger partial charge in [-0.25, -0.2) is 4.98 Å². The second-order valence-electron chi connectivity index (χ2n) is 4.49. The zero-order chi connectivity index (χ0) is 12.7. The molecule has 0 bridgehead atoms. The lowest BCUT2D eigenvalue weighted by Crippen LogP contribution is -1.96. The predicted molar refractivity (Wildman–Crippen MR) is 79.5 cm³/mol. The first kappa shape index (κ1) is 10.8. The maximum Gasteiger partial charge on any atom is 0.114 e. The van der Waals surface area contributed by atoms with Gasteiger partial charge in [0.05, 0.1) is 16.8 Å². The Kier molecular flexibility index (Phi) is 2.38. The van der Waals surface area contributed by atoms with E-state index in [0.29, 0.717) is 0 Å². The van der Waals surface area contributed by atoms with E-state index in [4.69, 9.17) is 0 Å². The van der Waals surface area contributed by atoms with Crippen LogP contribution in [0.4, 0.5) is 0 Å². The fourth-order valence-electron chi connectivity index (χ4n) is 2.33. The summed E-state index contributed by atoms with van der Waals surface area (Å²) in [5, 5.41) is 2.29. The van der Waals surface area contributed by atoms with Crippen molar-refractivity contribution in [3.63, 3.8) is 0 Å². The molecule has 0 aliphatic heterocycles. The largest absolute Gasteiger partial charge is 0.340 e. The molecule has 0 aliphatic rings. The molecular weight excluding hydrogens is 252 g/mol. The summed E-state index contributed by atoms with van der Waals surface area (Å²) >= 11 is 1.76. The standard InChI is InChI=1S/C16H11N2S/c1-3-7-14-12(5-1)9-10-18(14)11-16-17-13-6-2-4-8-15(13)19-16/h1-8,10H,11H2. The summed E-state index contributed by atoms with van der Waals surface area (Å²) in [4.78, 5) is 4.68. The molecule has 0 N–H and O–H groups in total. The summed E-state index contributed by atoms with van der Waals surface area (Å²) in [5.74, 6) is 0. The first-order chi connectivity index (χ1) is 9.40. The molecule has 0 atom stereocenters. The first-order valence-electron chi connectivity index (χ1n) is 6.20. The number of thiazole rings is 1. The van der Waals surface area contributed by atoms with E-state index in [1.54, 1.807) is 11.3 Å². The van der Waals surface area contributed by atoms with E-state index in [1.165, 1.54) is 10.2 Å². The summed E-state index contributed by atoms with van der Waals surface area (Å²) in [7, 11) is 0. The highest BCUT2D eigenvalue weighted by atomic mass is 32.1. The highest BCUT2D eigenvalue weighted by Crippen LogP contribution is 2.23. The van der Waals surface area contributed by atoms with Gasteiger partial charge in [0.1, 0.15) is 5.01 Å². The van der Waals surface area contributed by atoms with Crippen molar-refractivity contribution in [2.45, 2.75) is 6.54 Å². The maximum absolute atomic E-state index is 4.68. The van der Waals surface area contributed by atoms with Crippen LogP contribution in [0.2, 0.25) is 0 Å². The van der Waals surface area contributed by atoms with Crippen molar-refractivity contribution >= 4 is 32.5 Å². The normalized spacial score (nSPS) is 11.4. The van der Waals surface area contributed by atoms with Gasteiger partial charge in [-0.05, 0) is 18.2 Å². The van der Waals surface area contributed by atoms with Crippen LogP contribution in [0.5, 0.6) is 0 Å². The van der Waals surface area contributed by atoms with Gasteiger partial charge in [0.25, 0.3) is 0 Å². The Balaban J connectivity index is 1.78. The molecule has 1 radical (unpaired) electrons. The minimum Gasteiger partial charge on any atom is -0.340 e. The Morgan fingerprint density at radius 2 is 1.89 bits per heavy atom. The van der Waals surface area contributed by atoms with Crippen molar-refractivity contribution in [2.24, 2.45) is 0 Å². The van der Waals surface area contributed by atoms with Crippen LogP contribution in [0.25, 0.3) is 21.1 Å². The van der Waals surface area contributed by atoms with Crippen LogP contribution >= 0.6 is 11.3 Å². The van der Waals surface area contributed by atoms with Gasteiger partial charge in [0.15, 0.2) is 0 Å². The second-order valence-corrected chi connectivity index (χ2v) is 5.61. The lowest BCUT2D eigenvalue weighted by atomic mass is 10.2. The summed E-state index contributed by atoms with van der Waals surface area (Å²) in [6.07, 6.45) is 2.01. The fraction of sp³-hybridized carbons (Fsp3) is 0.0625. The number of nitrogens with zero attached hydrogens (tertiary/aromatic N) is 2. The van der Waals surface area contributed by atoms with Crippen molar-refractivity contribution in [1.82, 2.24) is 9.55 Å². The van der Waals surface area contributed by atoms with Gasteiger partial charge in [0, 0.05) is 23.2 Å². The molecule has 4 aromatic rings. The van der Waals surface area contributed by atoms with Crippen LogP contribution < -0.4 is 0 Å². The molecule has 3 heteroatoms. The van der Waals surface area contributed by atoms with Crippen LogP contribution in [0, 0.1) is 6.07 Å². The minimum absolute atomic E-state index is 0.809. The highest BCUT2D eigenvalue weighted by Gasteiger charge is 2.06. The third kappa shape index (κ3) is 1.83. The summed E-state index contributed by atoms with van der Waals surface area (Å²) in [6, 6.07) is 19.9. The molecule has 2 aromatic heterocycles. The monoisotopic (exact) mass is 263 g/mol. The lowest BCUT2D eigenvalue weighted by molar-refractivity contribution is 0.830. The fourth-order valence-corrected chi connectivity index (χ4v) is 3.29. The zero-order valence-corrected chi connectivity index (χ0v) is 11.0. The van der Waals surface area contributed by atoms with Gasteiger partial charge >= 0.3 is 0 Å². The molecule has 2 heterocycles. The Morgan fingerprint density at radius 1 is 1.05 bits per heavy atom. The quantitative estimate of drug-likeness (QED) is 0.532. The Hall–Kier alpha value is -2.13. The van der Waals surface area contributed by atoms with Gasteiger partial charge in [-0.2, -0.15) is 0 Å². The molecule has 2 aromatic carbocycles. The second kappa shape index (κ2) is 4.21. The maximum atomic E-state index is 4.68. The highest BCUT2D eigenvalue weighted by molar-refractivity contribution is 7.18. The van der Waals surface area contributed by atoms with Crippen LogP contribution in [-0.4, -0.2) is 9.55 Å². The van der Waals surface area contributed by atoms with Crippen molar-refractivity contribution in [3.05, 3.63) is 65.8 Å². The SMILES string of the molecule is [c]1cn(Cc2nc3ccccc3s2)c2ccccc12. The number of hydrogen-bond donors (Lipinski definition) is 0. The van der Waals surface area contributed by atoms with Gasteiger partial charge < -0.3 is 4.57 Å². The molecule has 19 heavy (non-hydrogen) atoms. The van der Waals surface area contributed by atoms with E-state index in [-0.39, 0.29) is 0 Å². The zero-order valence-electron chi connectivity index (χ0n) is 10.2. The van der Waals surface area contributed by atoms with E-state index in [0.717, 1.165) is 22.5 Å². The molecule has 2 nitrogen and oxygen atoms in total. The van der Waals surface area contributed by atoms with Gasteiger partial charge in [-0.15, -0.1) is 11.3 Å². The number of para-hydroxylation sites is 2. The number of hydrogen-bond acceptors (Lipinski definition) is 2. The third-order valence-electron chi connectivity index (χ3n) is 3.23. The molecule has 0 aliphatic carbocycles. The predicted octanol–water partition coefficient (Wildman–Crippen LogP) is 4.10. The number of aromatic nitrogens is 2. The number of rotatable bonds is 2. The average molecular weight is 263 g/mol. The first-order valence-corrected chi connectivity index (χ1v) is 7.02. The summed E-state index contributed by atoms with van der Waals surface area (Å²) in [6.45, 7) is 0.809. The van der Waals surface area contributed by atoms with E-state index >= 15 is 0 Å². The van der Waals surface area contributed by atoms with Gasteiger partial charge in [-0.3, -0.25) is 0 Å². The van der Waals surface area contributed by atoms with Crippen molar-refractivity contribution in [1.29, 1.82) is 0 Å². The molecule has 91 valence electrons. The van der Waals surface area contributed by atoms with Crippen molar-refractivity contribution in [3.8, 4) is 0 Å². The van der Waals surface area contributed by atoms with Crippen LogP contribution in [0.15, 0.2) is 54.7 Å². The molecule has 0 amide bonds. The number of fused-ring (bicyclic) bond motifs is 2. The van der Waals surface area contributed by atoms with Crippen LogP contribution in [0.3, 0.4) is 0 Å². The topological polar surface area (TPSA) is 17.8 Å². The molecule has 0 fully saturated rings. The summed E-state index contributed by atoms with van der Waals surface area (Å²) in [5.41, 5.74) is 2.30. The van der Waals surface area contributed by atoms with E-state index in [2.05, 4.69) is 52.0 Å². The minimum atomic E-state index is 0.809. The molecular formula is C16H11N2S. The molecule has 0 spiro atoms. The van der Waals surface area contributed by atoms with E-state index in [1.807, 2.05) is 18.3 Å². The van der Waals surface area contributed by atoms with E-state index < -0.39 is 0 Å². The van der Waals surface area contributed by atoms with E-state index in [9.17, 15) is 0 Å². The molecule has 0 unspecified atom stereocenters. The average Bonchev–Trinajstić information content (AvgIpc) is 3.03. The van der Waals surface area contributed by atoms with Crippen LogP contribution in [-0.2, 0) is 6.54 Å². The third-order valence-corrected chi connectivity index (χ3v) is 4.25. The summed E-state index contributed by atoms with van der Waals surface area (Å²) < 4.78 is 3.45. The molecule has 0 saturated heterocycles. The Labute approximate surface area is 114 Å². The van der Waals surface area contributed by atoms with Crippen molar-refractivity contribution in [2.75, 3.05) is 0 Å². The molecule has 4 rings (SSSR count). The Morgan fingerprint density at radius 3 is 2.84 bits per heavy atom. The Bertz CT molecular complexity index is 824. The lowest BCUT2D eigenvalue weighted by Gasteiger charge is -2.01. The van der Waals surface area contributed by atoms with Gasteiger partial charge in [0.2, 0.25) is 0 Å². The molecule has 0 saturated carbocycles. The van der Waals surface area contributed by atoms with Crippen molar-refractivity contribution < 1.29 is 0 Å². The number of benzene rings is 2. The van der Waals surface area contributed by atoms with Crippen LogP contribution in [0.1, 0.15) is 5.01 Å².